The SMILES string of the molecule is COC(=O)c1ccc(S(=O)(=O)NC(=O)Cc2c(-c3ccnc(OC)c3)cc(F)cc2C(C)C)cc1. The van der Waals surface area contributed by atoms with Gasteiger partial charge in [-0.05, 0) is 70.6 Å². The first kappa shape index (κ1) is 25.8. The molecule has 1 aromatic heterocycles. The average Bonchev–Trinajstić information content (AvgIpc) is 2.83. The van der Waals surface area contributed by atoms with E-state index in [-0.39, 0.29) is 22.8 Å². The molecule has 0 radical (unpaired) electrons. The number of carbonyl (C=O) groups is 2. The minimum atomic E-state index is -4.21. The molecule has 184 valence electrons. The number of nitrogens with zero attached hydrogens (tertiary/aromatic N) is 1. The molecule has 1 amide bonds. The van der Waals surface area contributed by atoms with Crippen LogP contribution in [0.2, 0.25) is 0 Å². The van der Waals surface area contributed by atoms with Crippen molar-refractivity contribution in [1.82, 2.24) is 9.71 Å². The molecule has 0 saturated carbocycles. The molecule has 0 bridgehead atoms. The summed E-state index contributed by atoms with van der Waals surface area (Å²) in [5.74, 6) is -1.72. The number of benzene rings is 2. The van der Waals surface area contributed by atoms with Crippen molar-refractivity contribution in [3.05, 3.63) is 77.2 Å². The summed E-state index contributed by atoms with van der Waals surface area (Å²) in [5.41, 5.74) is 2.24. The van der Waals surface area contributed by atoms with Crippen LogP contribution < -0.4 is 9.46 Å². The minimum Gasteiger partial charge on any atom is -0.481 e. The molecule has 0 spiro atoms. The van der Waals surface area contributed by atoms with Crippen LogP contribution in [0, 0.1) is 5.82 Å². The highest BCUT2D eigenvalue weighted by molar-refractivity contribution is 7.90. The summed E-state index contributed by atoms with van der Waals surface area (Å²) < 4.78 is 51.8. The third-order valence-corrected chi connectivity index (χ3v) is 6.69. The fraction of sp³-hybridized carbons (Fsp3) is 0.240. The molecule has 0 aliphatic heterocycles. The van der Waals surface area contributed by atoms with E-state index < -0.39 is 27.7 Å². The van der Waals surface area contributed by atoms with Crippen LogP contribution in [0.4, 0.5) is 4.39 Å². The highest BCUT2D eigenvalue weighted by atomic mass is 32.2. The zero-order chi connectivity index (χ0) is 25.8. The molecule has 8 nitrogen and oxygen atoms in total. The Morgan fingerprint density at radius 3 is 2.34 bits per heavy atom. The van der Waals surface area contributed by atoms with E-state index in [0.29, 0.717) is 28.1 Å². The van der Waals surface area contributed by atoms with Crippen LogP contribution in [0.3, 0.4) is 0 Å². The quantitative estimate of drug-likeness (QED) is 0.468. The Labute approximate surface area is 203 Å². The van der Waals surface area contributed by atoms with Crippen molar-refractivity contribution < 1.29 is 31.9 Å². The van der Waals surface area contributed by atoms with Gasteiger partial charge in [0.05, 0.1) is 31.1 Å². The van der Waals surface area contributed by atoms with Gasteiger partial charge in [0.2, 0.25) is 11.8 Å². The maximum atomic E-state index is 14.5. The first-order valence-electron chi connectivity index (χ1n) is 10.6. The Bertz CT molecular complexity index is 1350. The molecule has 1 heterocycles. The van der Waals surface area contributed by atoms with Gasteiger partial charge in [0.1, 0.15) is 5.82 Å². The molecular weight excluding hydrogens is 475 g/mol. The molecule has 10 heteroatoms. The lowest BCUT2D eigenvalue weighted by Gasteiger charge is -2.18. The molecule has 0 aliphatic rings. The van der Waals surface area contributed by atoms with E-state index in [0.717, 1.165) is 0 Å². The fourth-order valence-corrected chi connectivity index (χ4v) is 4.59. The number of hydrogen-bond donors (Lipinski definition) is 1. The van der Waals surface area contributed by atoms with Gasteiger partial charge >= 0.3 is 5.97 Å². The van der Waals surface area contributed by atoms with E-state index >= 15 is 0 Å². The second-order valence-electron chi connectivity index (χ2n) is 7.98. The van der Waals surface area contributed by atoms with Crippen molar-refractivity contribution in [2.75, 3.05) is 14.2 Å². The van der Waals surface area contributed by atoms with Crippen LogP contribution in [0.15, 0.2) is 59.6 Å². The van der Waals surface area contributed by atoms with Crippen LogP contribution in [0.1, 0.15) is 41.3 Å². The smallest absolute Gasteiger partial charge is 0.337 e. The van der Waals surface area contributed by atoms with Crippen LogP contribution in [0.25, 0.3) is 11.1 Å². The van der Waals surface area contributed by atoms with E-state index in [9.17, 15) is 22.4 Å². The number of nitrogens with one attached hydrogen (secondary N) is 1. The van der Waals surface area contributed by atoms with E-state index in [1.165, 1.54) is 56.8 Å². The van der Waals surface area contributed by atoms with Crippen molar-refractivity contribution in [1.29, 1.82) is 0 Å². The normalized spacial score (nSPS) is 11.3. The Hall–Kier alpha value is -3.79. The van der Waals surface area contributed by atoms with Crippen LogP contribution >= 0.6 is 0 Å². The number of halogens is 1. The summed E-state index contributed by atoms with van der Waals surface area (Å²) in [6.07, 6.45) is 1.19. The molecule has 3 rings (SSSR count). The van der Waals surface area contributed by atoms with Gasteiger partial charge in [0.25, 0.3) is 10.0 Å². The number of esters is 1. The number of carbonyl (C=O) groups excluding carboxylic acids is 2. The molecule has 0 aliphatic carbocycles. The summed E-state index contributed by atoms with van der Waals surface area (Å²) in [7, 11) is -1.55. The zero-order valence-corrected chi connectivity index (χ0v) is 20.5. The number of ether oxygens (including phenoxy) is 2. The maximum Gasteiger partial charge on any atom is 0.337 e. The third kappa shape index (κ3) is 6.02. The summed E-state index contributed by atoms with van der Waals surface area (Å²) in [5, 5.41) is 0. The van der Waals surface area contributed by atoms with E-state index in [4.69, 9.17) is 4.74 Å². The number of pyridine rings is 1. The average molecular weight is 501 g/mol. The van der Waals surface area contributed by atoms with Gasteiger partial charge in [-0.1, -0.05) is 13.8 Å². The number of aromatic nitrogens is 1. The van der Waals surface area contributed by atoms with Crippen molar-refractivity contribution in [2.24, 2.45) is 0 Å². The topological polar surface area (TPSA) is 112 Å². The molecule has 3 aromatic rings. The molecular formula is C25H25FN2O6S. The van der Waals surface area contributed by atoms with Crippen molar-refractivity contribution >= 4 is 21.9 Å². The molecule has 0 saturated heterocycles. The van der Waals surface area contributed by atoms with E-state index in [2.05, 4.69) is 14.4 Å². The number of sulfonamides is 1. The van der Waals surface area contributed by atoms with Crippen molar-refractivity contribution in [3.63, 3.8) is 0 Å². The molecule has 0 unspecified atom stereocenters. The molecule has 35 heavy (non-hydrogen) atoms. The van der Waals surface area contributed by atoms with Gasteiger partial charge in [0.15, 0.2) is 0 Å². The lowest BCUT2D eigenvalue weighted by atomic mass is 9.88. The Morgan fingerprint density at radius 2 is 1.74 bits per heavy atom. The highest BCUT2D eigenvalue weighted by Gasteiger charge is 2.23. The predicted molar refractivity (Wildman–Crippen MR) is 127 cm³/mol. The number of amides is 1. The number of methoxy groups -OCH3 is 2. The second-order valence-corrected chi connectivity index (χ2v) is 9.67. The maximum absolute atomic E-state index is 14.5. The largest absolute Gasteiger partial charge is 0.481 e. The van der Waals surface area contributed by atoms with Crippen LogP contribution in [0.5, 0.6) is 5.88 Å². The Kier molecular flexibility index (Phi) is 7.85. The monoisotopic (exact) mass is 500 g/mol. The third-order valence-electron chi connectivity index (χ3n) is 5.30. The van der Waals surface area contributed by atoms with Gasteiger partial charge < -0.3 is 9.47 Å². The fourth-order valence-electron chi connectivity index (χ4n) is 3.61. The van der Waals surface area contributed by atoms with Gasteiger partial charge in [-0.2, -0.15) is 0 Å². The summed E-state index contributed by atoms with van der Waals surface area (Å²) in [4.78, 5) is 28.3. The van der Waals surface area contributed by atoms with E-state index in [1.807, 2.05) is 13.8 Å². The molecule has 0 fully saturated rings. The molecule has 0 atom stereocenters. The second kappa shape index (κ2) is 10.6. The summed E-state index contributed by atoms with van der Waals surface area (Å²) in [6.45, 7) is 3.71. The number of hydrogen-bond acceptors (Lipinski definition) is 7. The Balaban J connectivity index is 1.95. The van der Waals surface area contributed by atoms with Gasteiger partial charge in [-0.25, -0.2) is 27.3 Å². The molecule has 1 N–H and O–H groups in total. The summed E-state index contributed by atoms with van der Waals surface area (Å²) >= 11 is 0. The standard InChI is InChI=1S/C25H25FN2O6S/c1-15(2)20-12-18(26)13-21(17-9-10-27-24(11-17)33-3)22(20)14-23(29)28-35(31,32)19-7-5-16(6-8-19)25(30)34-4/h5-13,15H,14H2,1-4H3,(H,28,29). The first-order chi connectivity index (χ1) is 16.6. The lowest BCUT2D eigenvalue weighted by molar-refractivity contribution is -0.118. The number of rotatable bonds is 8. The van der Waals surface area contributed by atoms with Gasteiger partial charge in [-0.3, -0.25) is 4.79 Å². The zero-order valence-electron chi connectivity index (χ0n) is 19.7. The lowest BCUT2D eigenvalue weighted by Crippen LogP contribution is -2.32. The summed E-state index contributed by atoms with van der Waals surface area (Å²) in [6, 6.07) is 10.9. The predicted octanol–water partition coefficient (Wildman–Crippen LogP) is 3.85. The van der Waals surface area contributed by atoms with Crippen LogP contribution in [-0.4, -0.2) is 39.5 Å². The van der Waals surface area contributed by atoms with Gasteiger partial charge in [0, 0.05) is 12.3 Å². The highest BCUT2D eigenvalue weighted by Crippen LogP contribution is 2.33. The first-order valence-corrected chi connectivity index (χ1v) is 12.1. The van der Waals surface area contributed by atoms with E-state index in [1.54, 1.807) is 12.1 Å². The molecule has 2 aromatic carbocycles. The van der Waals surface area contributed by atoms with Crippen molar-refractivity contribution in [2.45, 2.75) is 31.1 Å². The van der Waals surface area contributed by atoms with Crippen LogP contribution in [-0.2, 0) is 26.0 Å². The Morgan fingerprint density at radius 1 is 1.06 bits per heavy atom. The van der Waals surface area contributed by atoms with Crippen molar-refractivity contribution in [3.8, 4) is 17.0 Å². The minimum absolute atomic E-state index is 0.140. The van der Waals surface area contributed by atoms with Gasteiger partial charge in [-0.15, -0.1) is 0 Å².